The molecule has 2 heterocycles. The zero-order valence-corrected chi connectivity index (χ0v) is 36.9. The number of amides is 1. The van der Waals surface area contributed by atoms with Crippen molar-refractivity contribution in [1.29, 1.82) is 0 Å². The highest BCUT2D eigenvalue weighted by atomic mass is 19.1. The third-order valence-corrected chi connectivity index (χ3v) is 13.5. The minimum Gasteiger partial charge on any atom is -0.492 e. The molecule has 0 aromatic heterocycles. The Balaban J connectivity index is 1.42. The Kier molecular flexibility index (Phi) is 15.3. The Morgan fingerprint density at radius 2 is 1.77 bits per heavy atom. The van der Waals surface area contributed by atoms with Gasteiger partial charge in [-0.25, -0.2) is 4.39 Å². The summed E-state index contributed by atoms with van der Waals surface area (Å²) in [6.07, 6.45) is 15.1. The molecule has 0 radical (unpaired) electrons. The first-order valence-electron chi connectivity index (χ1n) is 23.2. The minimum atomic E-state index is -1.37. The van der Waals surface area contributed by atoms with Crippen molar-refractivity contribution in [1.82, 2.24) is 9.80 Å². The molecule has 3 aliphatic carbocycles. The normalized spacial score (nSPS) is 26.6. The predicted molar refractivity (Wildman–Crippen MR) is 236 cm³/mol. The van der Waals surface area contributed by atoms with Gasteiger partial charge in [-0.05, 0) is 112 Å². The summed E-state index contributed by atoms with van der Waals surface area (Å²) >= 11 is 0. The maximum atomic E-state index is 15.1. The number of ether oxygens (including phenoxy) is 3. The average molecular weight is 844 g/mol. The molecule has 2 aliphatic heterocycles. The van der Waals surface area contributed by atoms with Crippen LogP contribution in [0.15, 0.2) is 71.9 Å². The molecule has 2 aromatic rings. The van der Waals surface area contributed by atoms with Gasteiger partial charge in [-0.1, -0.05) is 68.0 Å². The van der Waals surface area contributed by atoms with Crippen molar-refractivity contribution in [3.63, 3.8) is 0 Å². The van der Waals surface area contributed by atoms with E-state index in [4.69, 9.17) is 24.2 Å². The van der Waals surface area contributed by atoms with Crippen LogP contribution in [-0.2, 0) is 20.9 Å². The van der Waals surface area contributed by atoms with Crippen molar-refractivity contribution in [3.8, 4) is 11.5 Å². The van der Waals surface area contributed by atoms with E-state index in [2.05, 4.69) is 23.6 Å². The molecule has 7 rings (SSSR count). The van der Waals surface area contributed by atoms with Crippen LogP contribution in [-0.4, -0.2) is 95.1 Å². The van der Waals surface area contributed by atoms with Crippen LogP contribution < -0.4 is 9.47 Å². The summed E-state index contributed by atoms with van der Waals surface area (Å²) in [6.45, 7) is 14.3. The van der Waals surface area contributed by atoms with E-state index in [9.17, 15) is 14.6 Å². The first-order chi connectivity index (χ1) is 29.5. The summed E-state index contributed by atoms with van der Waals surface area (Å²) in [5.41, 5.74) is 3.03. The number of rotatable bonds is 22. The van der Waals surface area contributed by atoms with Crippen molar-refractivity contribution >= 4 is 11.6 Å². The quantitative estimate of drug-likeness (QED) is 0.0523. The largest absolute Gasteiger partial charge is 0.492 e. The van der Waals surface area contributed by atoms with E-state index >= 15 is 4.79 Å². The van der Waals surface area contributed by atoms with Crippen molar-refractivity contribution in [3.05, 3.63) is 83.7 Å². The fourth-order valence-corrected chi connectivity index (χ4v) is 10.4. The number of aliphatic hydroxyl groups is 2. The Morgan fingerprint density at radius 3 is 2.46 bits per heavy atom. The van der Waals surface area contributed by atoms with Gasteiger partial charge in [-0.2, -0.15) is 0 Å². The number of allylic oxidation sites excluding steroid dienone is 1. The number of hydrogen-bond acceptors (Lipinski definition) is 9. The number of hydrogen-bond donors (Lipinski definition) is 2. The molecule has 2 saturated carbocycles. The Morgan fingerprint density at radius 1 is 1.03 bits per heavy atom. The average Bonchev–Trinajstić information content (AvgIpc) is 3.92. The predicted octanol–water partition coefficient (Wildman–Crippen LogP) is 8.95. The molecule has 10 nitrogen and oxygen atoms in total. The highest BCUT2D eigenvalue weighted by molar-refractivity contribution is 6.03. The lowest BCUT2D eigenvalue weighted by atomic mass is 9.55. The molecule has 5 aliphatic rings. The van der Waals surface area contributed by atoms with Gasteiger partial charge in [0, 0.05) is 63.7 Å². The molecule has 3 fully saturated rings. The minimum absolute atomic E-state index is 0.00426. The standard InChI is InChI=1S/C50H70FN3O7/c1-5-29-59-50-45(54(34-36-16-19-38(51)20-17-36)46(57)23-18-35-12-6-7-13-35)33-43(52-61-49(2,3)4)41-31-37(14-8-10-27-55)40(15-9-11-28-56)47(48(41)50)42-32-39(21-22-44(42)60-50)58-30-26-53-24-25-53/h5,16-17,19-22,31-32,35,37,40,45,47-48,55-56H,1,6-15,18,23-30,33-34H2,2-4H3. The van der Waals surface area contributed by atoms with Crippen LogP contribution in [0.1, 0.15) is 121 Å². The summed E-state index contributed by atoms with van der Waals surface area (Å²) in [5.74, 6) is -0.0384. The van der Waals surface area contributed by atoms with E-state index in [-0.39, 0.29) is 55.8 Å². The fourth-order valence-electron chi connectivity index (χ4n) is 10.4. The summed E-state index contributed by atoms with van der Waals surface area (Å²) in [4.78, 5) is 25.7. The topological polar surface area (TPSA) is 113 Å². The lowest BCUT2D eigenvalue weighted by Gasteiger charge is -2.60. The van der Waals surface area contributed by atoms with E-state index in [1.54, 1.807) is 18.2 Å². The number of benzene rings is 2. The molecule has 6 unspecified atom stereocenters. The maximum Gasteiger partial charge on any atom is 0.239 e. The molecule has 2 N–H and O–H groups in total. The molecule has 0 spiro atoms. The van der Waals surface area contributed by atoms with Crippen molar-refractivity contribution in [2.45, 2.75) is 134 Å². The molecule has 1 amide bonds. The second-order valence-electron chi connectivity index (χ2n) is 19.0. The molecule has 61 heavy (non-hydrogen) atoms. The summed E-state index contributed by atoms with van der Waals surface area (Å²) in [7, 11) is 0. The third-order valence-electron chi connectivity index (χ3n) is 13.5. The molecular weight excluding hydrogens is 774 g/mol. The number of halogens is 1. The van der Waals surface area contributed by atoms with Crippen LogP contribution in [0.25, 0.3) is 0 Å². The SMILES string of the molecule is C=CCOC12Oc3ccc(OCCN4CC4)cc3C3C(CCCCO)C(CCCCO)C=C(C(=NOC(C)(C)C)CC1N(Cc1ccc(F)cc1)C(=O)CCC1CCCC1)C32. The highest BCUT2D eigenvalue weighted by Gasteiger charge is 2.65. The maximum absolute atomic E-state index is 15.1. The smallest absolute Gasteiger partial charge is 0.239 e. The van der Waals surface area contributed by atoms with Gasteiger partial charge in [0.2, 0.25) is 11.7 Å². The van der Waals surface area contributed by atoms with E-state index in [1.807, 2.05) is 37.8 Å². The lowest BCUT2D eigenvalue weighted by Crippen LogP contribution is -2.70. The van der Waals surface area contributed by atoms with Gasteiger partial charge in [0.25, 0.3) is 0 Å². The Bertz CT molecular complexity index is 1830. The van der Waals surface area contributed by atoms with Crippen LogP contribution >= 0.6 is 0 Å². The summed E-state index contributed by atoms with van der Waals surface area (Å²) < 4.78 is 35.4. The third kappa shape index (κ3) is 11.1. The van der Waals surface area contributed by atoms with Gasteiger partial charge >= 0.3 is 0 Å². The van der Waals surface area contributed by atoms with Gasteiger partial charge in [-0.15, -0.1) is 6.58 Å². The van der Waals surface area contributed by atoms with E-state index in [0.29, 0.717) is 44.0 Å². The second kappa shape index (κ2) is 20.6. The van der Waals surface area contributed by atoms with Crippen LogP contribution in [0.5, 0.6) is 11.5 Å². The number of carbonyl (C=O) groups excluding carboxylic acids is 1. The summed E-state index contributed by atoms with van der Waals surface area (Å²) in [5, 5.41) is 24.9. The summed E-state index contributed by atoms with van der Waals surface area (Å²) in [6, 6.07) is 11.9. The van der Waals surface area contributed by atoms with E-state index in [1.165, 1.54) is 25.0 Å². The van der Waals surface area contributed by atoms with Crippen LogP contribution in [0.3, 0.4) is 0 Å². The molecule has 11 heteroatoms. The Hall–Kier alpha value is -3.77. The van der Waals surface area contributed by atoms with Crippen LogP contribution in [0.4, 0.5) is 4.39 Å². The number of fused-ring (bicyclic) bond motifs is 2. The zero-order valence-electron chi connectivity index (χ0n) is 36.9. The van der Waals surface area contributed by atoms with Crippen molar-refractivity contribution < 1.29 is 38.4 Å². The molecule has 0 bridgehead atoms. The van der Waals surface area contributed by atoms with Gasteiger partial charge < -0.3 is 34.2 Å². The number of carbonyl (C=O) groups is 1. The molecule has 6 atom stereocenters. The number of oxime groups is 1. The Labute approximate surface area is 363 Å². The lowest BCUT2D eigenvalue weighted by molar-refractivity contribution is -0.258. The molecule has 1 saturated heterocycles. The fraction of sp³-hybridized carbons (Fsp3) is 0.640. The molecular formula is C50H70FN3O7. The number of unbranched alkanes of at least 4 members (excludes halogenated alkanes) is 2. The van der Waals surface area contributed by atoms with Crippen LogP contribution in [0, 0.1) is 29.5 Å². The van der Waals surface area contributed by atoms with Gasteiger partial charge in [0.15, 0.2) is 0 Å². The first kappa shape index (κ1) is 45.3. The molecule has 2 aromatic carbocycles. The highest BCUT2D eigenvalue weighted by Crippen LogP contribution is 2.62. The number of aliphatic hydroxyl groups excluding tert-OH is 2. The van der Waals surface area contributed by atoms with Gasteiger partial charge in [0.1, 0.15) is 35.6 Å². The van der Waals surface area contributed by atoms with Crippen LogP contribution in [0.2, 0.25) is 0 Å². The first-order valence-corrected chi connectivity index (χ1v) is 23.2. The van der Waals surface area contributed by atoms with E-state index in [0.717, 1.165) is 92.7 Å². The monoisotopic (exact) mass is 844 g/mol. The van der Waals surface area contributed by atoms with E-state index < -0.39 is 23.3 Å². The van der Waals surface area contributed by atoms with Crippen molar-refractivity contribution in [2.24, 2.45) is 28.8 Å². The second-order valence-corrected chi connectivity index (χ2v) is 19.0. The molecule has 334 valence electrons. The zero-order chi connectivity index (χ0) is 43.0. The number of nitrogens with zero attached hydrogens (tertiary/aromatic N) is 3. The van der Waals surface area contributed by atoms with Gasteiger partial charge in [-0.3, -0.25) is 9.69 Å². The van der Waals surface area contributed by atoms with Crippen molar-refractivity contribution in [2.75, 3.05) is 46.1 Å². The van der Waals surface area contributed by atoms with Gasteiger partial charge in [0.05, 0.1) is 18.2 Å².